The topological polar surface area (TPSA) is 112 Å². The van der Waals surface area contributed by atoms with Gasteiger partial charge in [0.15, 0.2) is 15.6 Å². The van der Waals surface area contributed by atoms with E-state index in [1.807, 2.05) is 13.8 Å². The van der Waals surface area contributed by atoms with Crippen molar-refractivity contribution in [2.24, 2.45) is 0 Å². The maximum absolute atomic E-state index is 13.3. The fourth-order valence-electron chi connectivity index (χ4n) is 4.36. The molecule has 0 atom stereocenters. The Morgan fingerprint density at radius 2 is 1.87 bits per heavy atom. The van der Waals surface area contributed by atoms with Crippen LogP contribution in [0.15, 0.2) is 46.9 Å². The first-order valence-corrected chi connectivity index (χ1v) is 11.1. The predicted octanol–water partition coefficient (Wildman–Crippen LogP) is 3.29. The Balaban J connectivity index is 1.82. The number of hydrogen-bond acceptors (Lipinski definition) is 5. The fraction of sp³-hybridized carbons (Fsp3) is 0.261. The SMILES string of the molecule is CC1(C)C2=C(C(=O)c3ccc(S(=O)(=O)CCC(=O)O)cc31)c1ccc(C#N)cc1C2. The van der Waals surface area contributed by atoms with Crippen molar-refractivity contribution in [1.29, 1.82) is 5.26 Å². The first-order valence-electron chi connectivity index (χ1n) is 9.47. The summed E-state index contributed by atoms with van der Waals surface area (Å²) in [6, 6.07) is 11.8. The Morgan fingerprint density at radius 1 is 1.17 bits per heavy atom. The number of ketones is 1. The Bertz CT molecular complexity index is 1310. The van der Waals surface area contributed by atoms with Gasteiger partial charge in [0.25, 0.3) is 0 Å². The molecule has 0 aromatic heterocycles. The van der Waals surface area contributed by atoms with Crippen LogP contribution in [0, 0.1) is 11.3 Å². The molecule has 0 radical (unpaired) electrons. The molecule has 2 aliphatic rings. The third-order valence-corrected chi connectivity index (χ3v) is 7.72. The van der Waals surface area contributed by atoms with Crippen molar-refractivity contribution in [2.45, 2.75) is 37.0 Å². The molecule has 152 valence electrons. The number of Topliss-reactive ketones (excluding diaryl/α,β-unsaturated/α-hetero) is 1. The predicted molar refractivity (Wildman–Crippen MR) is 110 cm³/mol. The number of carbonyl (C=O) groups excluding carboxylic acids is 1. The van der Waals surface area contributed by atoms with E-state index >= 15 is 0 Å². The number of fused-ring (bicyclic) bond motifs is 3. The molecule has 2 aliphatic carbocycles. The smallest absolute Gasteiger partial charge is 0.304 e. The van der Waals surface area contributed by atoms with Crippen molar-refractivity contribution >= 4 is 27.2 Å². The third-order valence-electron chi connectivity index (χ3n) is 6.01. The lowest BCUT2D eigenvalue weighted by atomic mass is 9.68. The molecule has 0 bridgehead atoms. The minimum Gasteiger partial charge on any atom is -0.481 e. The maximum atomic E-state index is 13.3. The molecule has 0 amide bonds. The molecule has 0 spiro atoms. The molecule has 1 N–H and O–H groups in total. The zero-order valence-corrected chi connectivity index (χ0v) is 17.3. The minimum atomic E-state index is -3.79. The zero-order valence-electron chi connectivity index (χ0n) is 16.5. The first-order chi connectivity index (χ1) is 14.1. The summed E-state index contributed by atoms with van der Waals surface area (Å²) in [5.41, 5.74) is 4.29. The lowest BCUT2D eigenvalue weighted by molar-refractivity contribution is -0.136. The molecule has 0 aliphatic heterocycles. The highest BCUT2D eigenvalue weighted by molar-refractivity contribution is 7.91. The van der Waals surface area contributed by atoms with E-state index in [0.29, 0.717) is 28.7 Å². The number of rotatable bonds is 4. The van der Waals surface area contributed by atoms with Crippen molar-refractivity contribution < 1.29 is 23.1 Å². The highest BCUT2D eigenvalue weighted by atomic mass is 32.2. The van der Waals surface area contributed by atoms with Crippen molar-refractivity contribution in [1.82, 2.24) is 0 Å². The molecule has 2 aromatic rings. The second kappa shape index (κ2) is 6.64. The molecule has 0 heterocycles. The molecular formula is C23H19NO5S. The number of aliphatic carboxylic acids is 1. The van der Waals surface area contributed by atoms with E-state index in [2.05, 4.69) is 6.07 Å². The van der Waals surface area contributed by atoms with Crippen LogP contribution in [0.25, 0.3) is 5.57 Å². The van der Waals surface area contributed by atoms with Crippen molar-refractivity contribution in [3.05, 3.63) is 69.8 Å². The molecule has 0 fully saturated rings. The fourth-order valence-corrected chi connectivity index (χ4v) is 5.61. The van der Waals surface area contributed by atoms with Gasteiger partial charge in [0, 0.05) is 16.6 Å². The van der Waals surface area contributed by atoms with Crippen LogP contribution in [-0.4, -0.2) is 31.0 Å². The number of nitriles is 1. The molecule has 30 heavy (non-hydrogen) atoms. The lowest BCUT2D eigenvalue weighted by Crippen LogP contribution is -2.30. The van der Waals surface area contributed by atoms with Gasteiger partial charge in [-0.25, -0.2) is 8.42 Å². The van der Waals surface area contributed by atoms with Crippen LogP contribution in [-0.2, 0) is 26.5 Å². The Kier molecular flexibility index (Phi) is 4.44. The van der Waals surface area contributed by atoms with Crippen molar-refractivity contribution in [3.8, 4) is 6.07 Å². The van der Waals surface area contributed by atoms with Gasteiger partial charge in [-0.05, 0) is 59.0 Å². The van der Waals surface area contributed by atoms with Gasteiger partial charge in [0.05, 0.1) is 28.7 Å². The number of benzene rings is 2. The van der Waals surface area contributed by atoms with E-state index in [9.17, 15) is 23.3 Å². The number of sulfone groups is 1. The highest BCUT2D eigenvalue weighted by Crippen LogP contribution is 2.50. The van der Waals surface area contributed by atoms with E-state index in [0.717, 1.165) is 16.7 Å². The van der Waals surface area contributed by atoms with E-state index in [1.54, 1.807) is 18.2 Å². The molecule has 0 saturated carbocycles. The van der Waals surface area contributed by atoms with Gasteiger partial charge in [0.1, 0.15) is 0 Å². The van der Waals surface area contributed by atoms with E-state index in [1.165, 1.54) is 18.2 Å². The van der Waals surface area contributed by atoms with E-state index in [-0.39, 0.29) is 10.7 Å². The molecule has 6 nitrogen and oxygen atoms in total. The Labute approximate surface area is 174 Å². The number of allylic oxidation sites excluding steroid dienone is 2. The average Bonchev–Trinajstić information content (AvgIpc) is 3.10. The summed E-state index contributed by atoms with van der Waals surface area (Å²) in [7, 11) is -3.79. The van der Waals surface area contributed by atoms with Gasteiger partial charge in [0.2, 0.25) is 0 Å². The number of nitrogens with zero attached hydrogens (tertiary/aromatic N) is 1. The number of carbonyl (C=O) groups is 2. The van der Waals surface area contributed by atoms with Crippen molar-refractivity contribution in [2.75, 3.05) is 5.75 Å². The summed E-state index contributed by atoms with van der Waals surface area (Å²) in [6.45, 7) is 3.91. The molecule has 0 unspecified atom stereocenters. The Hall–Kier alpha value is -3.24. The molecule has 4 rings (SSSR count). The molecular weight excluding hydrogens is 402 g/mol. The summed E-state index contributed by atoms with van der Waals surface area (Å²) >= 11 is 0. The zero-order chi connectivity index (χ0) is 21.8. The van der Waals surface area contributed by atoms with Crippen LogP contribution in [0.1, 0.15) is 52.9 Å². The largest absolute Gasteiger partial charge is 0.481 e. The van der Waals surface area contributed by atoms with Gasteiger partial charge < -0.3 is 5.11 Å². The quantitative estimate of drug-likeness (QED) is 0.811. The summed E-state index contributed by atoms with van der Waals surface area (Å²) in [5, 5.41) is 18.0. The van der Waals surface area contributed by atoms with Gasteiger partial charge >= 0.3 is 5.97 Å². The van der Waals surface area contributed by atoms with Gasteiger partial charge in [-0.1, -0.05) is 19.9 Å². The van der Waals surface area contributed by atoms with Crippen LogP contribution in [0.5, 0.6) is 0 Å². The van der Waals surface area contributed by atoms with Crippen LogP contribution in [0.3, 0.4) is 0 Å². The second-order valence-corrected chi connectivity index (χ2v) is 10.2. The second-order valence-electron chi connectivity index (χ2n) is 8.14. The van der Waals surface area contributed by atoms with E-state index < -0.39 is 33.4 Å². The average molecular weight is 421 g/mol. The normalized spacial score (nSPS) is 16.5. The number of carboxylic acid groups (broad SMARTS) is 1. The van der Waals surface area contributed by atoms with Crippen LogP contribution < -0.4 is 0 Å². The standard InChI is InChI=1S/C23H19NO5S/c1-23(2)18-11-15(30(28,29)8-7-20(25)26)4-6-17(18)22(27)21-16-5-3-13(12-24)9-14(16)10-19(21)23/h3-6,9,11H,7-8,10H2,1-2H3,(H,25,26). The third kappa shape index (κ3) is 2.96. The van der Waals surface area contributed by atoms with Crippen LogP contribution in [0.2, 0.25) is 0 Å². The maximum Gasteiger partial charge on any atom is 0.304 e. The summed E-state index contributed by atoms with van der Waals surface area (Å²) in [5.74, 6) is -1.83. The van der Waals surface area contributed by atoms with Crippen molar-refractivity contribution in [3.63, 3.8) is 0 Å². The molecule has 0 saturated heterocycles. The number of hydrogen-bond donors (Lipinski definition) is 1. The van der Waals surface area contributed by atoms with Gasteiger partial charge in [-0.15, -0.1) is 0 Å². The summed E-state index contributed by atoms with van der Waals surface area (Å²) in [6.07, 6.45) is 0.0436. The van der Waals surface area contributed by atoms with Crippen LogP contribution >= 0.6 is 0 Å². The monoisotopic (exact) mass is 421 g/mol. The first kappa shape index (κ1) is 20.0. The van der Waals surface area contributed by atoms with Gasteiger partial charge in [-0.2, -0.15) is 5.26 Å². The molecule has 2 aromatic carbocycles. The summed E-state index contributed by atoms with van der Waals surface area (Å²) in [4.78, 5) is 24.2. The van der Waals surface area contributed by atoms with Crippen LogP contribution in [0.4, 0.5) is 0 Å². The number of carboxylic acids is 1. The highest BCUT2D eigenvalue weighted by Gasteiger charge is 2.43. The molecule has 7 heteroatoms. The van der Waals surface area contributed by atoms with Gasteiger partial charge in [-0.3, -0.25) is 9.59 Å². The summed E-state index contributed by atoms with van der Waals surface area (Å²) < 4.78 is 25.2. The van der Waals surface area contributed by atoms with E-state index in [4.69, 9.17) is 5.11 Å². The Morgan fingerprint density at radius 3 is 2.53 bits per heavy atom. The lowest BCUT2D eigenvalue weighted by Gasteiger charge is -2.34. The minimum absolute atomic E-state index is 0.0229.